The van der Waals surface area contributed by atoms with Crippen molar-refractivity contribution in [3.8, 4) is 11.5 Å². The van der Waals surface area contributed by atoms with Crippen molar-refractivity contribution in [3.63, 3.8) is 0 Å². The molecule has 1 amide bonds. The molecular formula is C26H30F3N3O3. The van der Waals surface area contributed by atoms with E-state index in [0.717, 1.165) is 50.1 Å². The van der Waals surface area contributed by atoms with Crippen LogP contribution in [0.2, 0.25) is 0 Å². The first-order valence-electron chi connectivity index (χ1n) is 12.1. The van der Waals surface area contributed by atoms with Crippen LogP contribution in [-0.2, 0) is 30.5 Å². The number of aromatic hydroxyl groups is 1. The molecule has 2 aromatic rings. The fourth-order valence-electron chi connectivity index (χ4n) is 5.56. The number of likely N-dealkylation sites (tertiary alicyclic amines) is 1. The number of hydrogen-bond acceptors (Lipinski definition) is 5. The fourth-order valence-corrected chi connectivity index (χ4v) is 5.56. The number of ether oxygens (including phenoxy) is 1. The Kier molecular flexibility index (Phi) is 6.15. The monoisotopic (exact) mass is 489 g/mol. The van der Waals surface area contributed by atoms with Crippen molar-refractivity contribution >= 4 is 5.91 Å². The Morgan fingerprint density at radius 2 is 2.06 bits per heavy atom. The number of nitrogens with zero attached hydrogens (tertiary/aromatic N) is 3. The molecule has 35 heavy (non-hydrogen) atoms. The number of fused-ring (bicyclic) bond motifs is 1. The number of phenols is 1. The van der Waals surface area contributed by atoms with Gasteiger partial charge in [-0.15, -0.1) is 0 Å². The van der Waals surface area contributed by atoms with Gasteiger partial charge in [0.25, 0.3) is 0 Å². The molecular weight excluding hydrogens is 459 g/mol. The van der Waals surface area contributed by atoms with Crippen molar-refractivity contribution in [2.24, 2.45) is 11.3 Å². The maximum Gasteiger partial charge on any atom is 0.417 e. The summed E-state index contributed by atoms with van der Waals surface area (Å²) in [5, 5.41) is 9.88. The molecule has 188 valence electrons. The third-order valence-electron chi connectivity index (χ3n) is 7.57. The topological polar surface area (TPSA) is 65.9 Å². The highest BCUT2D eigenvalue weighted by Gasteiger charge is 2.49. The molecule has 1 unspecified atom stereocenters. The van der Waals surface area contributed by atoms with Crippen LogP contribution >= 0.6 is 0 Å². The molecule has 1 aromatic carbocycles. The van der Waals surface area contributed by atoms with Crippen molar-refractivity contribution < 1.29 is 27.8 Å². The van der Waals surface area contributed by atoms with Crippen LogP contribution in [0.25, 0.3) is 0 Å². The summed E-state index contributed by atoms with van der Waals surface area (Å²) in [6, 6.07) is 6.42. The zero-order valence-electron chi connectivity index (χ0n) is 19.8. The first-order valence-corrected chi connectivity index (χ1v) is 12.1. The van der Waals surface area contributed by atoms with E-state index in [1.54, 1.807) is 11.0 Å². The molecule has 1 saturated heterocycles. The molecule has 3 heterocycles. The minimum absolute atomic E-state index is 0.0539. The Morgan fingerprint density at radius 1 is 1.26 bits per heavy atom. The van der Waals surface area contributed by atoms with Crippen molar-refractivity contribution in [2.45, 2.75) is 51.4 Å². The molecule has 1 N–H and O–H groups in total. The van der Waals surface area contributed by atoms with Gasteiger partial charge in [0.2, 0.25) is 5.91 Å². The van der Waals surface area contributed by atoms with Gasteiger partial charge in [-0.05, 0) is 54.6 Å². The van der Waals surface area contributed by atoms with Crippen LogP contribution < -0.4 is 4.74 Å². The highest BCUT2D eigenvalue weighted by molar-refractivity contribution is 5.83. The Balaban J connectivity index is 1.33. The van der Waals surface area contributed by atoms with Gasteiger partial charge in [0.1, 0.15) is 0 Å². The number of rotatable bonds is 6. The molecule has 0 bridgehead atoms. The summed E-state index contributed by atoms with van der Waals surface area (Å²) in [6.07, 6.45) is 0.725. The quantitative estimate of drug-likeness (QED) is 0.652. The molecule has 3 aliphatic rings. The Labute approximate surface area is 202 Å². The van der Waals surface area contributed by atoms with E-state index in [4.69, 9.17) is 4.74 Å². The third kappa shape index (κ3) is 4.96. The van der Waals surface area contributed by atoms with Gasteiger partial charge in [0.15, 0.2) is 11.5 Å². The van der Waals surface area contributed by atoms with Crippen LogP contribution in [0.4, 0.5) is 13.2 Å². The number of aromatic nitrogens is 1. The van der Waals surface area contributed by atoms with Gasteiger partial charge in [-0.25, -0.2) is 0 Å². The van der Waals surface area contributed by atoms with Crippen LogP contribution in [0.3, 0.4) is 0 Å². The molecule has 1 atom stereocenters. The number of alkyl halides is 3. The fraction of sp³-hybridized carbons (Fsp3) is 0.538. The lowest BCUT2D eigenvalue weighted by Gasteiger charge is -2.37. The van der Waals surface area contributed by atoms with E-state index >= 15 is 0 Å². The predicted octanol–water partition coefficient (Wildman–Crippen LogP) is 4.39. The maximum atomic E-state index is 13.9. The molecule has 1 aliphatic carbocycles. The second-order valence-electron chi connectivity index (χ2n) is 10.2. The maximum absolute atomic E-state index is 13.9. The molecule has 2 aliphatic heterocycles. The van der Waals surface area contributed by atoms with E-state index < -0.39 is 17.2 Å². The molecule has 0 spiro atoms. The van der Waals surface area contributed by atoms with E-state index in [-0.39, 0.29) is 18.2 Å². The van der Waals surface area contributed by atoms with Crippen LogP contribution in [0.1, 0.15) is 48.1 Å². The minimum atomic E-state index is -4.45. The lowest BCUT2D eigenvalue weighted by molar-refractivity contribution is -0.143. The molecule has 9 heteroatoms. The normalized spacial score (nSPS) is 22.8. The van der Waals surface area contributed by atoms with Crippen molar-refractivity contribution in [1.29, 1.82) is 0 Å². The summed E-state index contributed by atoms with van der Waals surface area (Å²) >= 11 is 0. The van der Waals surface area contributed by atoms with E-state index in [2.05, 4.69) is 9.88 Å². The number of hydrogen-bond donors (Lipinski definition) is 1. The number of halogens is 3. The van der Waals surface area contributed by atoms with Gasteiger partial charge in [-0.1, -0.05) is 18.9 Å². The van der Waals surface area contributed by atoms with E-state index in [1.165, 1.54) is 7.11 Å². The van der Waals surface area contributed by atoms with Gasteiger partial charge >= 0.3 is 6.18 Å². The Bertz CT molecular complexity index is 1120. The van der Waals surface area contributed by atoms with Gasteiger partial charge in [-0.3, -0.25) is 14.7 Å². The van der Waals surface area contributed by atoms with Crippen molar-refractivity contribution in [2.75, 3.05) is 26.7 Å². The SMILES string of the molecule is COc1cc(CN2CCC(CC3CC3)(C(=O)N3CCc4ncc(C(F)(F)F)cc4C3)C2)ccc1O. The van der Waals surface area contributed by atoms with Crippen LogP contribution in [0, 0.1) is 11.3 Å². The summed E-state index contributed by atoms with van der Waals surface area (Å²) in [4.78, 5) is 22.0. The first kappa shape index (κ1) is 23.9. The standard InChI is InChI=1S/C26H30F3N3O3/c1-35-23-10-18(4-5-22(23)33)14-31-9-7-25(16-31,12-17-2-3-17)24(34)32-8-6-21-19(15-32)11-20(13-30-21)26(27,28)29/h4-5,10-11,13,17,33H,2-3,6-9,12,14-16H2,1H3. The zero-order chi connectivity index (χ0) is 24.8. The Hall–Kier alpha value is -2.81. The first-order chi connectivity index (χ1) is 16.7. The molecule has 2 fully saturated rings. The van der Waals surface area contributed by atoms with Gasteiger partial charge in [-0.2, -0.15) is 13.2 Å². The molecule has 1 saturated carbocycles. The highest BCUT2D eigenvalue weighted by atomic mass is 19.4. The second kappa shape index (κ2) is 9.00. The lowest BCUT2D eigenvalue weighted by Crippen LogP contribution is -2.47. The average molecular weight is 490 g/mol. The van der Waals surface area contributed by atoms with Gasteiger partial charge < -0.3 is 14.7 Å². The number of pyridine rings is 1. The summed E-state index contributed by atoms with van der Waals surface area (Å²) < 4.78 is 44.9. The molecule has 5 rings (SSSR count). The lowest BCUT2D eigenvalue weighted by atomic mass is 9.79. The van der Waals surface area contributed by atoms with Crippen LogP contribution in [0.15, 0.2) is 30.5 Å². The summed E-state index contributed by atoms with van der Waals surface area (Å²) in [5.74, 6) is 1.10. The molecule has 0 radical (unpaired) electrons. The van der Waals surface area contributed by atoms with Crippen molar-refractivity contribution in [1.82, 2.24) is 14.8 Å². The largest absolute Gasteiger partial charge is 0.504 e. The van der Waals surface area contributed by atoms with E-state index in [1.807, 2.05) is 12.1 Å². The Morgan fingerprint density at radius 3 is 2.77 bits per heavy atom. The number of benzene rings is 1. The summed E-state index contributed by atoms with van der Waals surface area (Å²) in [5.41, 5.74) is 0.843. The second-order valence-corrected chi connectivity index (χ2v) is 10.2. The van der Waals surface area contributed by atoms with Crippen LogP contribution in [-0.4, -0.2) is 52.5 Å². The average Bonchev–Trinajstić information content (AvgIpc) is 3.56. The molecule has 1 aromatic heterocycles. The zero-order valence-corrected chi connectivity index (χ0v) is 19.8. The van der Waals surface area contributed by atoms with Crippen LogP contribution in [0.5, 0.6) is 11.5 Å². The highest BCUT2D eigenvalue weighted by Crippen LogP contribution is 2.47. The number of amides is 1. The number of methoxy groups -OCH3 is 1. The summed E-state index contributed by atoms with van der Waals surface area (Å²) in [7, 11) is 1.51. The third-order valence-corrected chi connectivity index (χ3v) is 7.57. The number of carbonyl (C=O) groups is 1. The van der Waals surface area contributed by atoms with E-state index in [0.29, 0.717) is 49.0 Å². The minimum Gasteiger partial charge on any atom is -0.504 e. The summed E-state index contributed by atoms with van der Waals surface area (Å²) in [6.45, 7) is 2.68. The molecule has 6 nitrogen and oxygen atoms in total. The predicted molar refractivity (Wildman–Crippen MR) is 123 cm³/mol. The number of carbonyl (C=O) groups excluding carboxylic acids is 1. The number of phenolic OH excluding ortho intramolecular Hbond substituents is 1. The van der Waals surface area contributed by atoms with Crippen molar-refractivity contribution in [3.05, 3.63) is 52.8 Å². The smallest absolute Gasteiger partial charge is 0.417 e. The van der Waals surface area contributed by atoms with Gasteiger partial charge in [0.05, 0.1) is 18.1 Å². The van der Waals surface area contributed by atoms with E-state index in [9.17, 15) is 23.1 Å². The van der Waals surface area contributed by atoms with Gasteiger partial charge in [0, 0.05) is 44.5 Å².